The first-order valence-electron chi connectivity index (χ1n) is 7.23. The normalized spacial score (nSPS) is 19.7. The van der Waals surface area contributed by atoms with E-state index in [9.17, 15) is 0 Å². The molecule has 1 aliphatic rings. The first kappa shape index (κ1) is 12.4. The Labute approximate surface area is 115 Å². The molecule has 2 atom stereocenters. The smallest absolute Gasteiger partial charge is 0.0328 e. The monoisotopic (exact) mass is 251 g/mol. The number of hydrogen-bond donors (Lipinski definition) is 1. The minimum absolute atomic E-state index is 0.400. The van der Waals surface area contributed by atoms with Crippen LogP contribution in [0.15, 0.2) is 54.6 Å². The van der Waals surface area contributed by atoms with Gasteiger partial charge in [0, 0.05) is 12.1 Å². The maximum Gasteiger partial charge on any atom is 0.0328 e. The van der Waals surface area contributed by atoms with Crippen molar-refractivity contribution in [3.05, 3.63) is 71.3 Å². The predicted molar refractivity (Wildman–Crippen MR) is 80.1 cm³/mol. The summed E-state index contributed by atoms with van der Waals surface area (Å²) in [5, 5.41) is 3.79. The highest BCUT2D eigenvalue weighted by Gasteiger charge is 2.21. The zero-order valence-electron chi connectivity index (χ0n) is 11.5. The molecule has 0 amide bonds. The third-order valence-corrected chi connectivity index (χ3v) is 4.12. The van der Waals surface area contributed by atoms with Gasteiger partial charge >= 0.3 is 0 Å². The molecule has 1 nitrogen and oxygen atoms in total. The Kier molecular flexibility index (Phi) is 3.65. The van der Waals surface area contributed by atoms with Gasteiger partial charge in [0.25, 0.3) is 0 Å². The highest BCUT2D eigenvalue weighted by atomic mass is 14.9. The summed E-state index contributed by atoms with van der Waals surface area (Å²) < 4.78 is 0. The fourth-order valence-corrected chi connectivity index (χ4v) is 3.07. The van der Waals surface area contributed by atoms with Crippen molar-refractivity contribution in [2.24, 2.45) is 0 Å². The van der Waals surface area contributed by atoms with Gasteiger partial charge in [-0.2, -0.15) is 0 Å². The van der Waals surface area contributed by atoms with Crippen molar-refractivity contribution in [3.63, 3.8) is 0 Å². The average Bonchev–Trinajstić information content (AvgIpc) is 2.48. The molecule has 0 saturated carbocycles. The molecule has 1 unspecified atom stereocenters. The molecule has 0 aromatic heterocycles. The summed E-state index contributed by atoms with van der Waals surface area (Å²) in [6.07, 6.45) is 3.76. The Bertz CT molecular complexity index is 532. The summed E-state index contributed by atoms with van der Waals surface area (Å²) in [4.78, 5) is 0. The van der Waals surface area contributed by atoms with Crippen molar-refractivity contribution in [2.75, 3.05) is 0 Å². The maximum absolute atomic E-state index is 3.79. The Morgan fingerprint density at radius 2 is 1.74 bits per heavy atom. The number of rotatable bonds is 3. The van der Waals surface area contributed by atoms with E-state index in [4.69, 9.17) is 0 Å². The van der Waals surface area contributed by atoms with Gasteiger partial charge in [0.15, 0.2) is 0 Å². The lowest BCUT2D eigenvalue weighted by atomic mass is 9.87. The van der Waals surface area contributed by atoms with E-state index in [0.717, 1.165) is 0 Å². The fourth-order valence-electron chi connectivity index (χ4n) is 3.07. The molecule has 0 aliphatic heterocycles. The molecule has 1 heteroatoms. The zero-order chi connectivity index (χ0) is 13.1. The average molecular weight is 251 g/mol. The molecular weight excluding hydrogens is 230 g/mol. The van der Waals surface area contributed by atoms with Gasteiger partial charge in [-0.1, -0.05) is 54.6 Å². The van der Waals surface area contributed by atoms with Crippen molar-refractivity contribution >= 4 is 0 Å². The SMILES string of the molecule is C[C@@H](NC1CCCc2ccccc21)c1ccccc1. The van der Waals surface area contributed by atoms with Crippen LogP contribution in [0.5, 0.6) is 0 Å². The standard InChI is InChI=1S/C18H21N/c1-14(15-8-3-2-4-9-15)19-18-13-7-11-16-10-5-6-12-17(16)18/h2-6,8-10,12,14,18-19H,7,11,13H2,1H3/t14-,18?/m1/s1. The Morgan fingerprint density at radius 1 is 1.00 bits per heavy atom. The van der Waals surface area contributed by atoms with Crippen LogP contribution in [0.4, 0.5) is 0 Å². The second-order valence-corrected chi connectivity index (χ2v) is 5.44. The van der Waals surface area contributed by atoms with Gasteiger partial charge in [0.2, 0.25) is 0 Å². The maximum atomic E-state index is 3.79. The Hall–Kier alpha value is -1.60. The number of hydrogen-bond acceptors (Lipinski definition) is 1. The molecule has 0 fully saturated rings. The molecule has 3 rings (SSSR count). The van der Waals surface area contributed by atoms with Crippen LogP contribution in [-0.4, -0.2) is 0 Å². The van der Waals surface area contributed by atoms with Crippen molar-refractivity contribution in [2.45, 2.75) is 38.3 Å². The van der Waals surface area contributed by atoms with Gasteiger partial charge in [0.1, 0.15) is 0 Å². The van der Waals surface area contributed by atoms with E-state index in [-0.39, 0.29) is 0 Å². The third-order valence-electron chi connectivity index (χ3n) is 4.12. The summed E-state index contributed by atoms with van der Waals surface area (Å²) in [5.74, 6) is 0. The predicted octanol–water partition coefficient (Wildman–Crippen LogP) is 4.41. The molecule has 2 aromatic carbocycles. The molecular formula is C18H21N. The van der Waals surface area contributed by atoms with Gasteiger partial charge in [-0.3, -0.25) is 0 Å². The first-order chi connectivity index (χ1) is 9.34. The molecule has 0 bridgehead atoms. The summed E-state index contributed by atoms with van der Waals surface area (Å²) in [7, 11) is 0. The van der Waals surface area contributed by atoms with E-state index >= 15 is 0 Å². The highest BCUT2D eigenvalue weighted by molar-refractivity contribution is 5.32. The van der Waals surface area contributed by atoms with Crippen LogP contribution in [-0.2, 0) is 6.42 Å². The van der Waals surface area contributed by atoms with Gasteiger partial charge < -0.3 is 5.32 Å². The zero-order valence-corrected chi connectivity index (χ0v) is 11.5. The van der Waals surface area contributed by atoms with E-state index in [1.807, 2.05) is 0 Å². The second kappa shape index (κ2) is 5.58. The molecule has 0 spiro atoms. The third kappa shape index (κ3) is 2.71. The van der Waals surface area contributed by atoms with Crippen molar-refractivity contribution in [1.29, 1.82) is 0 Å². The molecule has 0 heterocycles. The number of fused-ring (bicyclic) bond motifs is 1. The van der Waals surface area contributed by atoms with Crippen LogP contribution >= 0.6 is 0 Å². The lowest BCUT2D eigenvalue weighted by Gasteiger charge is -2.29. The fraction of sp³-hybridized carbons (Fsp3) is 0.333. The van der Waals surface area contributed by atoms with Crippen LogP contribution in [0, 0.1) is 0 Å². The van der Waals surface area contributed by atoms with Crippen LogP contribution < -0.4 is 5.32 Å². The molecule has 19 heavy (non-hydrogen) atoms. The summed E-state index contributed by atoms with van der Waals surface area (Å²) in [6.45, 7) is 2.26. The topological polar surface area (TPSA) is 12.0 Å². The lowest BCUT2D eigenvalue weighted by molar-refractivity contribution is 0.415. The van der Waals surface area contributed by atoms with E-state index in [0.29, 0.717) is 12.1 Å². The van der Waals surface area contributed by atoms with Gasteiger partial charge in [-0.05, 0) is 42.9 Å². The van der Waals surface area contributed by atoms with Gasteiger partial charge in [0.05, 0.1) is 0 Å². The second-order valence-electron chi connectivity index (χ2n) is 5.44. The van der Waals surface area contributed by atoms with Crippen LogP contribution in [0.2, 0.25) is 0 Å². The molecule has 1 N–H and O–H groups in total. The summed E-state index contributed by atoms with van der Waals surface area (Å²) in [6, 6.07) is 20.5. The minimum Gasteiger partial charge on any atom is -0.303 e. The Morgan fingerprint density at radius 3 is 2.58 bits per heavy atom. The van der Waals surface area contributed by atoms with Crippen molar-refractivity contribution in [1.82, 2.24) is 5.32 Å². The number of benzene rings is 2. The Balaban J connectivity index is 1.78. The molecule has 2 aromatic rings. The van der Waals surface area contributed by atoms with Gasteiger partial charge in [-0.15, -0.1) is 0 Å². The van der Waals surface area contributed by atoms with Crippen molar-refractivity contribution < 1.29 is 0 Å². The van der Waals surface area contributed by atoms with E-state index in [1.165, 1.54) is 36.0 Å². The van der Waals surface area contributed by atoms with E-state index < -0.39 is 0 Å². The van der Waals surface area contributed by atoms with Crippen LogP contribution in [0.3, 0.4) is 0 Å². The molecule has 0 radical (unpaired) electrons. The molecule has 1 aliphatic carbocycles. The summed E-state index contributed by atoms with van der Waals surface area (Å²) >= 11 is 0. The first-order valence-corrected chi connectivity index (χ1v) is 7.23. The van der Waals surface area contributed by atoms with Crippen LogP contribution in [0.1, 0.15) is 48.5 Å². The van der Waals surface area contributed by atoms with Crippen LogP contribution in [0.25, 0.3) is 0 Å². The van der Waals surface area contributed by atoms with E-state index in [1.54, 1.807) is 0 Å². The summed E-state index contributed by atoms with van der Waals surface area (Å²) in [5.41, 5.74) is 4.38. The minimum atomic E-state index is 0.400. The quantitative estimate of drug-likeness (QED) is 0.851. The molecule has 0 saturated heterocycles. The van der Waals surface area contributed by atoms with E-state index in [2.05, 4.69) is 66.8 Å². The van der Waals surface area contributed by atoms with Gasteiger partial charge in [-0.25, -0.2) is 0 Å². The number of aryl methyl sites for hydroxylation is 1. The number of nitrogens with one attached hydrogen (secondary N) is 1. The largest absolute Gasteiger partial charge is 0.303 e. The van der Waals surface area contributed by atoms with Crippen molar-refractivity contribution in [3.8, 4) is 0 Å². The molecule has 98 valence electrons. The highest BCUT2D eigenvalue weighted by Crippen LogP contribution is 2.31. The lowest BCUT2D eigenvalue weighted by Crippen LogP contribution is -2.27.